The molecule has 0 radical (unpaired) electrons. The zero-order chi connectivity index (χ0) is 21.0. The zero-order valence-corrected chi connectivity index (χ0v) is 20.0. The van der Waals surface area contributed by atoms with Crippen molar-refractivity contribution in [2.75, 3.05) is 0 Å². The van der Waals surface area contributed by atoms with Crippen molar-refractivity contribution >= 4 is 0 Å². The Labute approximate surface area is 180 Å². The maximum absolute atomic E-state index is 10.2. The van der Waals surface area contributed by atoms with Gasteiger partial charge in [-0.3, -0.25) is 0 Å². The summed E-state index contributed by atoms with van der Waals surface area (Å²) in [5.41, 5.74) is 2.51. The molecule has 0 aromatic carbocycles. The first kappa shape index (κ1) is 21.7. The zero-order valence-electron chi connectivity index (χ0n) is 20.0. The fourth-order valence-corrected chi connectivity index (χ4v) is 8.25. The fourth-order valence-electron chi connectivity index (χ4n) is 8.25. The predicted molar refractivity (Wildman–Crippen MR) is 124 cm³/mol. The second-order valence-corrected chi connectivity index (χ2v) is 12.2. The molecule has 0 saturated heterocycles. The number of fused-ring (bicyclic) bond motifs is 5. The Balaban J connectivity index is 1.53. The van der Waals surface area contributed by atoms with E-state index in [1.165, 1.54) is 38.5 Å². The highest BCUT2D eigenvalue weighted by Crippen LogP contribution is 2.67. The average Bonchev–Trinajstić information content (AvgIpc) is 3.03. The van der Waals surface area contributed by atoms with Gasteiger partial charge in [-0.2, -0.15) is 0 Å². The lowest BCUT2D eigenvalue weighted by Crippen LogP contribution is -2.50. The van der Waals surface area contributed by atoms with Crippen molar-refractivity contribution in [1.82, 2.24) is 0 Å². The molecule has 4 aliphatic carbocycles. The van der Waals surface area contributed by atoms with Gasteiger partial charge in [-0.25, -0.2) is 0 Å². The quantitative estimate of drug-likeness (QED) is 0.489. The van der Waals surface area contributed by atoms with E-state index in [0.29, 0.717) is 22.7 Å². The average molecular weight is 399 g/mol. The van der Waals surface area contributed by atoms with Crippen molar-refractivity contribution in [1.29, 1.82) is 0 Å². The monoisotopic (exact) mass is 398 g/mol. The molecular weight excluding hydrogens is 352 g/mol. The third-order valence-corrected chi connectivity index (χ3v) is 10.6. The predicted octanol–water partition coefficient (Wildman–Crippen LogP) is 7.41. The van der Waals surface area contributed by atoms with Gasteiger partial charge in [0.25, 0.3) is 0 Å². The molecule has 0 heterocycles. The minimum atomic E-state index is -0.0866. The van der Waals surface area contributed by atoms with Gasteiger partial charge in [0.1, 0.15) is 0 Å². The van der Waals surface area contributed by atoms with Crippen LogP contribution in [0.15, 0.2) is 23.8 Å². The van der Waals surface area contributed by atoms with Gasteiger partial charge in [-0.15, -0.1) is 0 Å². The highest BCUT2D eigenvalue weighted by molar-refractivity contribution is 5.25. The van der Waals surface area contributed by atoms with Crippen molar-refractivity contribution in [2.24, 2.45) is 52.3 Å². The van der Waals surface area contributed by atoms with E-state index in [1.54, 1.807) is 5.57 Å². The summed E-state index contributed by atoms with van der Waals surface area (Å²) in [5, 5.41) is 10.2. The summed E-state index contributed by atoms with van der Waals surface area (Å²) in [5.74, 6) is 5.63. The first-order valence-electron chi connectivity index (χ1n) is 12.7. The second kappa shape index (κ2) is 7.85. The van der Waals surface area contributed by atoms with Crippen LogP contribution in [-0.4, -0.2) is 11.2 Å². The molecule has 0 aromatic rings. The molecule has 4 rings (SSSR count). The molecule has 0 aliphatic heterocycles. The van der Waals surface area contributed by atoms with Crippen molar-refractivity contribution in [2.45, 2.75) is 99.0 Å². The number of aliphatic hydroxyl groups excluding tert-OH is 1. The van der Waals surface area contributed by atoms with Crippen LogP contribution in [0.1, 0.15) is 92.9 Å². The van der Waals surface area contributed by atoms with Crippen LogP contribution in [0, 0.1) is 52.3 Å². The van der Waals surface area contributed by atoms with Crippen LogP contribution >= 0.6 is 0 Å². The summed E-state index contributed by atoms with van der Waals surface area (Å²) < 4.78 is 0. The number of hydrogen-bond donors (Lipinski definition) is 1. The standard InChI is InChI=1S/C28H46O/c1-18(2)19(3)7-8-20(4)24-11-12-25-23-10-9-21-17-22(29)13-15-27(21,5)26(23)14-16-28(24,25)6/h7-9,18-20,22-26,29H,10-17H2,1-6H3/t19?,20-,22-,23+,24-,25+,26+,27+,28-/m1/s1. The number of allylic oxidation sites excluding steroid dienone is 3. The van der Waals surface area contributed by atoms with Crippen LogP contribution in [0.25, 0.3) is 0 Å². The molecule has 0 amide bonds. The van der Waals surface area contributed by atoms with E-state index in [0.717, 1.165) is 42.4 Å². The van der Waals surface area contributed by atoms with Crippen LogP contribution in [0.2, 0.25) is 0 Å². The van der Waals surface area contributed by atoms with E-state index in [4.69, 9.17) is 0 Å². The van der Waals surface area contributed by atoms with Crippen LogP contribution in [0.3, 0.4) is 0 Å². The maximum atomic E-state index is 10.2. The maximum Gasteiger partial charge on any atom is 0.0577 e. The third-order valence-electron chi connectivity index (χ3n) is 10.6. The topological polar surface area (TPSA) is 20.2 Å². The van der Waals surface area contributed by atoms with E-state index in [2.05, 4.69) is 59.8 Å². The van der Waals surface area contributed by atoms with Gasteiger partial charge < -0.3 is 5.11 Å². The van der Waals surface area contributed by atoms with Crippen molar-refractivity contribution in [3.63, 3.8) is 0 Å². The van der Waals surface area contributed by atoms with E-state index in [-0.39, 0.29) is 6.10 Å². The molecule has 1 unspecified atom stereocenters. The summed E-state index contributed by atoms with van der Waals surface area (Å²) in [6, 6.07) is 0. The number of aliphatic hydroxyl groups is 1. The van der Waals surface area contributed by atoms with Crippen molar-refractivity contribution in [3.8, 4) is 0 Å². The molecule has 0 aromatic heterocycles. The lowest BCUT2D eigenvalue weighted by atomic mass is 9.47. The summed E-state index contributed by atoms with van der Waals surface area (Å²) in [7, 11) is 0. The number of hydrogen-bond acceptors (Lipinski definition) is 1. The van der Waals surface area contributed by atoms with Gasteiger partial charge >= 0.3 is 0 Å². The largest absolute Gasteiger partial charge is 0.393 e. The van der Waals surface area contributed by atoms with Crippen molar-refractivity contribution < 1.29 is 5.11 Å². The molecule has 3 fully saturated rings. The van der Waals surface area contributed by atoms with E-state index in [1.807, 2.05) is 0 Å². The molecule has 164 valence electrons. The Bertz CT molecular complexity index is 659. The fraction of sp³-hybridized carbons (Fsp3) is 0.857. The van der Waals surface area contributed by atoms with Crippen LogP contribution in [0.4, 0.5) is 0 Å². The lowest BCUT2D eigenvalue weighted by Gasteiger charge is -2.58. The molecule has 1 nitrogen and oxygen atoms in total. The first-order valence-corrected chi connectivity index (χ1v) is 12.7. The molecule has 1 heteroatoms. The highest BCUT2D eigenvalue weighted by atomic mass is 16.3. The Morgan fingerprint density at radius 2 is 1.72 bits per heavy atom. The normalized spacial score (nSPS) is 46.8. The van der Waals surface area contributed by atoms with E-state index < -0.39 is 0 Å². The van der Waals surface area contributed by atoms with Crippen LogP contribution < -0.4 is 0 Å². The summed E-state index contributed by atoms with van der Waals surface area (Å²) in [4.78, 5) is 0. The molecule has 3 saturated carbocycles. The summed E-state index contributed by atoms with van der Waals surface area (Å²) >= 11 is 0. The smallest absolute Gasteiger partial charge is 0.0577 e. The molecule has 1 N–H and O–H groups in total. The molecule has 0 spiro atoms. The second-order valence-electron chi connectivity index (χ2n) is 12.2. The molecule has 29 heavy (non-hydrogen) atoms. The minimum absolute atomic E-state index is 0.0866. The third kappa shape index (κ3) is 3.58. The highest BCUT2D eigenvalue weighted by Gasteiger charge is 2.58. The molecule has 0 bridgehead atoms. The van der Waals surface area contributed by atoms with Gasteiger partial charge in [0, 0.05) is 0 Å². The Kier molecular flexibility index (Phi) is 5.86. The van der Waals surface area contributed by atoms with Gasteiger partial charge in [0.15, 0.2) is 0 Å². The minimum Gasteiger partial charge on any atom is -0.393 e. The van der Waals surface area contributed by atoms with Gasteiger partial charge in [0.2, 0.25) is 0 Å². The van der Waals surface area contributed by atoms with E-state index in [9.17, 15) is 5.11 Å². The van der Waals surface area contributed by atoms with Crippen LogP contribution in [0.5, 0.6) is 0 Å². The summed E-state index contributed by atoms with van der Waals surface area (Å²) in [6.45, 7) is 14.7. The summed E-state index contributed by atoms with van der Waals surface area (Å²) in [6.07, 6.45) is 17.7. The van der Waals surface area contributed by atoms with E-state index >= 15 is 0 Å². The Hall–Kier alpha value is -0.560. The Morgan fingerprint density at radius 3 is 2.45 bits per heavy atom. The van der Waals surface area contributed by atoms with Crippen LogP contribution in [-0.2, 0) is 0 Å². The van der Waals surface area contributed by atoms with Gasteiger partial charge in [0.05, 0.1) is 6.10 Å². The molecule has 4 aliphatic rings. The van der Waals surface area contributed by atoms with Crippen molar-refractivity contribution in [3.05, 3.63) is 23.8 Å². The number of rotatable bonds is 4. The SMILES string of the molecule is CC(C)C(C)C=C[C@@H](C)[C@H]1CC[C@H]2[C@@H]3CC=C4C[C@H](O)CC[C@]4(C)[C@H]3CC[C@]12C. The first-order chi connectivity index (χ1) is 13.7. The van der Waals surface area contributed by atoms with Gasteiger partial charge in [-0.1, -0.05) is 65.3 Å². The molecular formula is C28H46O. The molecule has 9 atom stereocenters. The Morgan fingerprint density at radius 1 is 0.966 bits per heavy atom. The van der Waals surface area contributed by atoms with Gasteiger partial charge in [-0.05, 0) is 104 Å². The lowest BCUT2D eigenvalue weighted by molar-refractivity contribution is -0.0540.